The third-order valence-electron chi connectivity index (χ3n) is 4.01. The lowest BCUT2D eigenvalue weighted by Gasteiger charge is -2.11. The minimum atomic E-state index is -0.193. The van der Waals surface area contributed by atoms with E-state index in [0.717, 1.165) is 22.3 Å². The van der Waals surface area contributed by atoms with Gasteiger partial charge in [-0.3, -0.25) is 4.79 Å². The Hall–Kier alpha value is -3.41. The van der Waals surface area contributed by atoms with Crippen LogP contribution in [0.4, 0.5) is 17.3 Å². The number of nitrogens with zero attached hydrogens (tertiary/aromatic N) is 2. The zero-order chi connectivity index (χ0) is 18.0. The second-order valence-corrected chi connectivity index (χ2v) is 5.89. The smallest absolute Gasteiger partial charge is 0.255 e. The van der Waals surface area contributed by atoms with E-state index in [-0.39, 0.29) is 11.9 Å². The monoisotopic (exact) mass is 333 g/mol. The molecule has 0 aliphatic heterocycles. The van der Waals surface area contributed by atoms with E-state index in [2.05, 4.69) is 15.3 Å². The van der Waals surface area contributed by atoms with Gasteiger partial charge in [-0.15, -0.1) is 0 Å². The molecule has 3 rings (SSSR count). The van der Waals surface area contributed by atoms with Crippen molar-refractivity contribution in [2.45, 2.75) is 13.8 Å². The van der Waals surface area contributed by atoms with E-state index >= 15 is 0 Å². The van der Waals surface area contributed by atoms with E-state index in [9.17, 15) is 4.79 Å². The number of nitrogens with two attached hydrogens (primary N) is 2. The van der Waals surface area contributed by atoms with Gasteiger partial charge in [-0.25, -0.2) is 9.97 Å². The van der Waals surface area contributed by atoms with Crippen molar-refractivity contribution in [2.24, 2.45) is 0 Å². The highest BCUT2D eigenvalue weighted by molar-refractivity contribution is 6.05. The van der Waals surface area contributed by atoms with Gasteiger partial charge in [-0.1, -0.05) is 6.07 Å². The van der Waals surface area contributed by atoms with Crippen LogP contribution in [-0.2, 0) is 0 Å². The molecule has 0 aliphatic rings. The van der Waals surface area contributed by atoms with Gasteiger partial charge >= 0.3 is 0 Å². The molecule has 1 aromatic heterocycles. The maximum atomic E-state index is 12.6. The van der Waals surface area contributed by atoms with Crippen LogP contribution in [0.15, 0.2) is 48.8 Å². The molecule has 0 unspecified atom stereocenters. The first kappa shape index (κ1) is 16.4. The average molecular weight is 333 g/mol. The third-order valence-corrected chi connectivity index (χ3v) is 4.01. The van der Waals surface area contributed by atoms with Crippen LogP contribution in [-0.4, -0.2) is 15.9 Å². The Morgan fingerprint density at radius 1 is 0.960 bits per heavy atom. The van der Waals surface area contributed by atoms with Crippen molar-refractivity contribution in [2.75, 3.05) is 16.8 Å². The molecule has 6 nitrogen and oxygen atoms in total. The number of rotatable bonds is 3. The molecule has 1 heterocycles. The third kappa shape index (κ3) is 3.58. The summed E-state index contributed by atoms with van der Waals surface area (Å²) in [7, 11) is 0. The second kappa shape index (κ2) is 6.60. The fourth-order valence-electron chi connectivity index (χ4n) is 2.51. The van der Waals surface area contributed by atoms with Crippen molar-refractivity contribution in [1.29, 1.82) is 0 Å². The van der Waals surface area contributed by atoms with Crippen molar-refractivity contribution in [1.82, 2.24) is 9.97 Å². The Kier molecular flexibility index (Phi) is 4.35. The Labute approximate surface area is 145 Å². The first-order chi connectivity index (χ1) is 11.9. The van der Waals surface area contributed by atoms with Crippen molar-refractivity contribution in [3.8, 4) is 11.1 Å². The lowest BCUT2D eigenvalue weighted by Crippen LogP contribution is -2.12. The standard InChI is InChI=1S/C19H19N5O/c1-11-3-4-13(8-16(11)14-9-22-19(21)23-10-14)18(25)24-15-5-6-17(20)12(2)7-15/h3-10H,20H2,1-2H3,(H,24,25)(H2,21,22,23). The molecule has 25 heavy (non-hydrogen) atoms. The van der Waals surface area contributed by atoms with Gasteiger partial charge in [-0.2, -0.15) is 0 Å². The number of hydrogen-bond donors (Lipinski definition) is 3. The number of benzene rings is 2. The highest BCUT2D eigenvalue weighted by Crippen LogP contribution is 2.24. The van der Waals surface area contributed by atoms with Gasteiger partial charge in [0.15, 0.2) is 0 Å². The van der Waals surface area contributed by atoms with Crippen molar-refractivity contribution in [3.05, 3.63) is 65.5 Å². The Balaban J connectivity index is 1.89. The Morgan fingerprint density at radius 2 is 1.68 bits per heavy atom. The van der Waals surface area contributed by atoms with E-state index < -0.39 is 0 Å². The largest absolute Gasteiger partial charge is 0.399 e. The quantitative estimate of drug-likeness (QED) is 0.638. The van der Waals surface area contributed by atoms with Crippen molar-refractivity contribution < 1.29 is 4.79 Å². The zero-order valence-corrected chi connectivity index (χ0v) is 14.1. The molecular weight excluding hydrogens is 314 g/mol. The van der Waals surface area contributed by atoms with E-state index in [0.29, 0.717) is 16.9 Å². The predicted molar refractivity (Wildman–Crippen MR) is 100 cm³/mol. The van der Waals surface area contributed by atoms with Gasteiger partial charge in [0.25, 0.3) is 5.91 Å². The van der Waals surface area contributed by atoms with Crippen LogP contribution in [0.1, 0.15) is 21.5 Å². The highest BCUT2D eigenvalue weighted by Gasteiger charge is 2.11. The molecule has 0 aliphatic carbocycles. The van der Waals surface area contributed by atoms with Crippen LogP contribution in [0.2, 0.25) is 0 Å². The van der Waals surface area contributed by atoms with E-state index in [1.165, 1.54) is 0 Å². The summed E-state index contributed by atoms with van der Waals surface area (Å²) in [5, 5.41) is 2.89. The van der Waals surface area contributed by atoms with Crippen LogP contribution in [0.3, 0.4) is 0 Å². The number of carbonyl (C=O) groups excluding carboxylic acids is 1. The molecule has 0 atom stereocenters. The molecule has 0 bridgehead atoms. The van der Waals surface area contributed by atoms with E-state index in [1.807, 2.05) is 32.0 Å². The van der Waals surface area contributed by atoms with Gasteiger partial charge in [0.1, 0.15) is 0 Å². The van der Waals surface area contributed by atoms with Gasteiger partial charge in [0, 0.05) is 34.9 Å². The molecule has 0 radical (unpaired) electrons. The maximum absolute atomic E-state index is 12.6. The van der Waals surface area contributed by atoms with Crippen molar-refractivity contribution in [3.63, 3.8) is 0 Å². The predicted octanol–water partition coefficient (Wildman–Crippen LogP) is 3.18. The van der Waals surface area contributed by atoms with Gasteiger partial charge in [0.2, 0.25) is 5.95 Å². The topological polar surface area (TPSA) is 107 Å². The van der Waals surface area contributed by atoms with Gasteiger partial charge < -0.3 is 16.8 Å². The van der Waals surface area contributed by atoms with Crippen LogP contribution >= 0.6 is 0 Å². The number of aryl methyl sites for hydroxylation is 2. The SMILES string of the molecule is Cc1cc(NC(=O)c2ccc(C)c(-c3cnc(N)nc3)c2)ccc1N. The summed E-state index contributed by atoms with van der Waals surface area (Å²) in [6.45, 7) is 3.87. The molecule has 1 amide bonds. The number of hydrogen-bond acceptors (Lipinski definition) is 5. The van der Waals surface area contributed by atoms with Gasteiger partial charge in [-0.05, 0) is 60.9 Å². The van der Waals surface area contributed by atoms with E-state index in [1.54, 1.807) is 30.6 Å². The average Bonchev–Trinajstić information content (AvgIpc) is 2.59. The molecule has 0 saturated heterocycles. The van der Waals surface area contributed by atoms with Crippen LogP contribution in [0.5, 0.6) is 0 Å². The summed E-state index contributed by atoms with van der Waals surface area (Å²) < 4.78 is 0. The maximum Gasteiger partial charge on any atom is 0.255 e. The molecule has 5 N–H and O–H groups in total. The Morgan fingerprint density at radius 3 is 2.36 bits per heavy atom. The number of aromatic nitrogens is 2. The van der Waals surface area contributed by atoms with Gasteiger partial charge in [0.05, 0.1) is 0 Å². The highest BCUT2D eigenvalue weighted by atomic mass is 16.1. The minimum Gasteiger partial charge on any atom is -0.399 e. The molecule has 126 valence electrons. The van der Waals surface area contributed by atoms with Crippen molar-refractivity contribution >= 4 is 23.2 Å². The number of carbonyl (C=O) groups is 1. The lowest BCUT2D eigenvalue weighted by molar-refractivity contribution is 0.102. The summed E-state index contributed by atoms with van der Waals surface area (Å²) in [4.78, 5) is 20.6. The molecule has 0 fully saturated rings. The normalized spacial score (nSPS) is 10.5. The zero-order valence-electron chi connectivity index (χ0n) is 14.1. The first-order valence-electron chi connectivity index (χ1n) is 7.80. The Bertz CT molecular complexity index is 935. The lowest BCUT2D eigenvalue weighted by atomic mass is 10.00. The number of amides is 1. The van der Waals surface area contributed by atoms with Crippen LogP contribution in [0, 0.1) is 13.8 Å². The van der Waals surface area contributed by atoms with Crippen LogP contribution < -0.4 is 16.8 Å². The van der Waals surface area contributed by atoms with Crippen LogP contribution in [0.25, 0.3) is 11.1 Å². The number of nitrogen functional groups attached to an aromatic ring is 2. The van der Waals surface area contributed by atoms with E-state index in [4.69, 9.17) is 11.5 Å². The summed E-state index contributed by atoms with van der Waals surface area (Å²) in [5.74, 6) is 0.0239. The number of nitrogens with one attached hydrogen (secondary N) is 1. The fourth-order valence-corrected chi connectivity index (χ4v) is 2.51. The molecule has 0 spiro atoms. The first-order valence-corrected chi connectivity index (χ1v) is 7.80. The number of anilines is 3. The molecular formula is C19H19N5O. The minimum absolute atomic E-state index is 0.193. The fraction of sp³-hybridized carbons (Fsp3) is 0.105. The molecule has 0 saturated carbocycles. The summed E-state index contributed by atoms with van der Waals surface area (Å²) in [5.41, 5.74) is 16.9. The summed E-state index contributed by atoms with van der Waals surface area (Å²) >= 11 is 0. The summed E-state index contributed by atoms with van der Waals surface area (Å²) in [6.07, 6.45) is 3.30. The second-order valence-electron chi connectivity index (χ2n) is 5.89. The summed E-state index contributed by atoms with van der Waals surface area (Å²) in [6, 6.07) is 10.9. The molecule has 3 aromatic rings. The molecule has 2 aromatic carbocycles. The molecule has 6 heteroatoms.